The summed E-state index contributed by atoms with van der Waals surface area (Å²) in [5.74, 6) is 1.16. The number of rotatable bonds is 2. The summed E-state index contributed by atoms with van der Waals surface area (Å²) in [4.78, 5) is 12.5. The highest BCUT2D eigenvalue weighted by molar-refractivity contribution is 5.61. The minimum absolute atomic E-state index is 0.126. The molecule has 6 bridgehead atoms. The smallest absolute Gasteiger partial charge is 0.422 e. The zero-order valence-corrected chi connectivity index (χ0v) is 20.3. The Morgan fingerprint density at radius 2 is 1.65 bits per heavy atom. The van der Waals surface area contributed by atoms with Crippen molar-refractivity contribution in [1.29, 1.82) is 0 Å². The Hall–Kier alpha value is -3.86. The van der Waals surface area contributed by atoms with Crippen LogP contribution in [0.3, 0.4) is 0 Å². The molecule has 8 nitrogen and oxygen atoms in total. The van der Waals surface area contributed by atoms with E-state index in [0.29, 0.717) is 13.2 Å². The highest BCUT2D eigenvalue weighted by atomic mass is 19.4. The van der Waals surface area contributed by atoms with E-state index in [-0.39, 0.29) is 24.2 Å². The fraction of sp³-hybridized carbons (Fsp3) is 0.346. The predicted octanol–water partition coefficient (Wildman–Crippen LogP) is 3.95. The zero-order valence-electron chi connectivity index (χ0n) is 20.3. The normalized spacial score (nSPS) is 15.4. The van der Waals surface area contributed by atoms with Crippen molar-refractivity contribution >= 4 is 11.6 Å². The van der Waals surface area contributed by atoms with E-state index in [0.717, 1.165) is 54.2 Å². The summed E-state index contributed by atoms with van der Waals surface area (Å²) < 4.78 is 48.7. The number of halogens is 3. The first kappa shape index (κ1) is 26.2. The van der Waals surface area contributed by atoms with E-state index in [1.165, 1.54) is 0 Å². The van der Waals surface area contributed by atoms with Crippen molar-refractivity contribution in [3.8, 4) is 11.8 Å². The van der Waals surface area contributed by atoms with Gasteiger partial charge in [0.1, 0.15) is 18.2 Å². The molecule has 3 N–H and O–H groups in total. The first-order chi connectivity index (χ1) is 17.8. The van der Waals surface area contributed by atoms with Crippen LogP contribution in [-0.2, 0) is 13.0 Å². The number of benzene rings is 2. The number of ether oxygens (including phenoxy) is 2. The highest BCUT2D eigenvalue weighted by Crippen LogP contribution is 2.19. The number of nitrogens with one attached hydrogen (secondary N) is 3. The monoisotopic (exact) mass is 514 g/mol. The lowest BCUT2D eigenvalue weighted by Gasteiger charge is -2.12. The molecule has 0 unspecified atom stereocenters. The molecule has 0 radical (unpaired) electrons. The maximum Gasteiger partial charge on any atom is 0.422 e. The van der Waals surface area contributed by atoms with Gasteiger partial charge in [0.25, 0.3) is 0 Å². The number of hydrogen-bond acceptors (Lipinski definition) is 8. The maximum absolute atomic E-state index is 12.7. The number of hydrogen-bond donors (Lipinski definition) is 3. The van der Waals surface area contributed by atoms with Gasteiger partial charge in [-0.05, 0) is 41.8 Å². The molecule has 1 aromatic heterocycles. The summed E-state index contributed by atoms with van der Waals surface area (Å²) in [5, 5.41) is 9.73. The van der Waals surface area contributed by atoms with Crippen LogP contribution < -0.4 is 25.4 Å². The molecule has 0 fully saturated rings. The topological polar surface area (TPSA) is 93.2 Å². The van der Waals surface area contributed by atoms with E-state index in [4.69, 9.17) is 9.47 Å². The molecule has 0 saturated heterocycles. The summed E-state index contributed by atoms with van der Waals surface area (Å²) in [5.41, 5.74) is 3.56. The van der Waals surface area contributed by atoms with Gasteiger partial charge in [-0.2, -0.15) is 28.1 Å². The summed E-state index contributed by atoms with van der Waals surface area (Å²) in [6, 6.07) is 14.8. The van der Waals surface area contributed by atoms with Crippen molar-refractivity contribution in [3.63, 3.8) is 0 Å². The minimum atomic E-state index is -4.51. The number of alkyl halides is 3. The Morgan fingerprint density at radius 1 is 0.892 bits per heavy atom. The molecule has 0 saturated carbocycles. The van der Waals surface area contributed by atoms with Crippen molar-refractivity contribution in [1.82, 2.24) is 25.6 Å². The molecular weight excluding hydrogens is 485 g/mol. The first-order valence-corrected chi connectivity index (χ1v) is 12.0. The number of aromatic nitrogens is 3. The van der Waals surface area contributed by atoms with Gasteiger partial charge in [-0.3, -0.25) is 0 Å². The quantitative estimate of drug-likeness (QED) is 0.474. The van der Waals surface area contributed by atoms with Crippen molar-refractivity contribution in [3.05, 3.63) is 77.6 Å². The molecule has 0 spiro atoms. The van der Waals surface area contributed by atoms with Gasteiger partial charge < -0.3 is 25.4 Å². The Labute approximate surface area is 213 Å². The lowest BCUT2D eigenvalue weighted by atomic mass is 10.1. The molecule has 0 aliphatic carbocycles. The molecule has 0 amide bonds. The molecular formula is C26H29F3N6O2. The Balaban J connectivity index is 1.55. The average Bonchev–Trinajstić information content (AvgIpc) is 2.88. The van der Waals surface area contributed by atoms with Gasteiger partial charge in [0, 0.05) is 31.8 Å². The predicted molar refractivity (Wildman–Crippen MR) is 134 cm³/mol. The molecule has 7 rings (SSSR count). The fourth-order valence-electron chi connectivity index (χ4n) is 3.58. The SMILES string of the molecule is C=C1NCCCNCCOc2ccc(cc2)CNc2nc(nc(OCC(F)(F)F)n2)Cc2ccc1cc2. The second-order valence-corrected chi connectivity index (χ2v) is 8.49. The van der Waals surface area contributed by atoms with E-state index in [1.54, 1.807) is 0 Å². The van der Waals surface area contributed by atoms with Crippen LogP contribution in [0.25, 0.3) is 5.70 Å². The van der Waals surface area contributed by atoms with Gasteiger partial charge in [-0.15, -0.1) is 0 Å². The molecule has 37 heavy (non-hydrogen) atoms. The van der Waals surface area contributed by atoms with Crippen LogP contribution >= 0.6 is 0 Å². The lowest BCUT2D eigenvalue weighted by Crippen LogP contribution is -2.25. The van der Waals surface area contributed by atoms with Crippen LogP contribution in [0, 0.1) is 0 Å². The third-order valence-corrected chi connectivity index (χ3v) is 5.48. The fourth-order valence-corrected chi connectivity index (χ4v) is 3.58. The Morgan fingerprint density at radius 3 is 2.41 bits per heavy atom. The van der Waals surface area contributed by atoms with E-state index >= 15 is 0 Å². The van der Waals surface area contributed by atoms with Crippen molar-refractivity contribution < 1.29 is 22.6 Å². The van der Waals surface area contributed by atoms with Gasteiger partial charge >= 0.3 is 12.2 Å². The van der Waals surface area contributed by atoms with Crippen LogP contribution in [0.15, 0.2) is 55.1 Å². The van der Waals surface area contributed by atoms with Gasteiger partial charge in [0.05, 0.1) is 0 Å². The third kappa shape index (κ3) is 8.64. The van der Waals surface area contributed by atoms with Crippen LogP contribution in [0.4, 0.5) is 19.1 Å². The molecule has 11 heteroatoms. The minimum Gasteiger partial charge on any atom is -0.492 e. The largest absolute Gasteiger partial charge is 0.492 e. The lowest BCUT2D eigenvalue weighted by molar-refractivity contribution is -0.154. The number of nitrogens with zero attached hydrogens (tertiary/aromatic N) is 3. The van der Waals surface area contributed by atoms with Gasteiger partial charge in [-0.1, -0.05) is 43.0 Å². The summed E-state index contributed by atoms with van der Waals surface area (Å²) >= 11 is 0. The van der Waals surface area contributed by atoms with Crippen molar-refractivity contribution in [2.75, 3.05) is 38.2 Å². The number of anilines is 1. The third-order valence-electron chi connectivity index (χ3n) is 5.48. The second-order valence-electron chi connectivity index (χ2n) is 8.49. The maximum atomic E-state index is 12.7. The summed E-state index contributed by atoms with van der Waals surface area (Å²) in [6.07, 6.45) is -3.29. The van der Waals surface area contributed by atoms with Gasteiger partial charge in [0.15, 0.2) is 6.61 Å². The summed E-state index contributed by atoms with van der Waals surface area (Å²) in [6.45, 7) is 5.86. The molecule has 5 heterocycles. The highest BCUT2D eigenvalue weighted by Gasteiger charge is 2.29. The van der Waals surface area contributed by atoms with Gasteiger partial charge in [-0.25, -0.2) is 0 Å². The first-order valence-electron chi connectivity index (χ1n) is 12.0. The van der Waals surface area contributed by atoms with Gasteiger partial charge in [0.2, 0.25) is 5.95 Å². The van der Waals surface area contributed by atoms with E-state index < -0.39 is 12.8 Å². The van der Waals surface area contributed by atoms with E-state index in [9.17, 15) is 13.2 Å². The second kappa shape index (κ2) is 12.4. The summed E-state index contributed by atoms with van der Waals surface area (Å²) in [7, 11) is 0. The van der Waals surface area contributed by atoms with Crippen molar-refractivity contribution in [2.24, 2.45) is 0 Å². The Kier molecular flexibility index (Phi) is 8.78. The standard InChI is InChI=1S/C26H29F3N6O2/c1-18-21-7-3-19(4-8-21)15-23-33-24(35-25(34-23)37-17-26(27,28)29)32-16-20-5-9-22(10-6-20)36-14-13-30-11-2-12-31-18/h3-10,30-31H,1-2,11-17H2,(H,32,33,34,35). The molecule has 196 valence electrons. The molecule has 4 aliphatic rings. The van der Waals surface area contributed by atoms with Crippen LogP contribution in [0.1, 0.15) is 28.9 Å². The molecule has 0 atom stereocenters. The Bertz CT molecular complexity index is 1170. The molecule has 2 aromatic carbocycles. The average molecular weight is 515 g/mol. The van der Waals surface area contributed by atoms with Crippen LogP contribution in [0.5, 0.6) is 11.8 Å². The van der Waals surface area contributed by atoms with Crippen molar-refractivity contribution in [2.45, 2.75) is 25.6 Å². The van der Waals surface area contributed by atoms with E-state index in [2.05, 4.69) is 37.5 Å². The zero-order chi connectivity index (χ0) is 26.1. The van der Waals surface area contributed by atoms with Crippen LogP contribution in [-0.4, -0.2) is 54.0 Å². The molecule has 4 aliphatic heterocycles. The molecule has 3 aromatic rings. The van der Waals surface area contributed by atoms with Crippen LogP contribution in [0.2, 0.25) is 0 Å². The van der Waals surface area contributed by atoms with E-state index in [1.807, 2.05) is 48.5 Å².